The van der Waals surface area contributed by atoms with E-state index >= 15 is 0 Å². The molecule has 0 aliphatic carbocycles. The van der Waals surface area contributed by atoms with Gasteiger partial charge in [-0.25, -0.2) is 4.79 Å². The van der Waals surface area contributed by atoms with Gasteiger partial charge in [0.05, 0.1) is 13.7 Å². The molecule has 0 spiro atoms. The van der Waals surface area contributed by atoms with Crippen molar-refractivity contribution in [3.05, 3.63) is 29.5 Å². The zero-order valence-electron chi connectivity index (χ0n) is 10.8. The highest BCUT2D eigenvalue weighted by Crippen LogP contribution is 2.29. The van der Waals surface area contributed by atoms with E-state index in [4.69, 9.17) is 13.9 Å². The molecule has 0 saturated carbocycles. The molecule has 0 bridgehead atoms. The van der Waals surface area contributed by atoms with Gasteiger partial charge in [0.1, 0.15) is 22.7 Å². The summed E-state index contributed by atoms with van der Waals surface area (Å²) in [6.45, 7) is 4.10. The maximum atomic E-state index is 11.9. The van der Waals surface area contributed by atoms with Crippen LogP contribution in [-0.2, 0) is 11.2 Å². The molecule has 2 aromatic rings. The second-order valence-corrected chi connectivity index (χ2v) is 3.88. The van der Waals surface area contributed by atoms with Gasteiger partial charge in [0, 0.05) is 11.8 Å². The number of aryl methyl sites for hydroxylation is 1. The van der Waals surface area contributed by atoms with Crippen LogP contribution in [0.2, 0.25) is 0 Å². The highest BCUT2D eigenvalue weighted by Gasteiger charge is 2.17. The summed E-state index contributed by atoms with van der Waals surface area (Å²) in [5.74, 6) is 1.07. The van der Waals surface area contributed by atoms with Gasteiger partial charge in [-0.3, -0.25) is 0 Å². The summed E-state index contributed by atoms with van der Waals surface area (Å²) in [6, 6.07) is 5.41. The first-order chi connectivity index (χ1) is 8.69. The molecular weight excluding hydrogens is 232 g/mol. The van der Waals surface area contributed by atoms with Gasteiger partial charge in [0.25, 0.3) is 0 Å². The fourth-order valence-electron chi connectivity index (χ4n) is 1.83. The fourth-order valence-corrected chi connectivity index (χ4v) is 1.83. The Morgan fingerprint density at radius 2 is 2.06 bits per heavy atom. The number of carbonyl (C=O) groups excluding carboxylic acids is 1. The molecule has 0 atom stereocenters. The second-order valence-electron chi connectivity index (χ2n) is 3.88. The number of hydrogen-bond acceptors (Lipinski definition) is 4. The molecular formula is C14H16O4. The van der Waals surface area contributed by atoms with Gasteiger partial charge in [0.15, 0.2) is 0 Å². The Balaban J connectivity index is 2.60. The maximum Gasteiger partial charge on any atom is 0.342 e. The lowest BCUT2D eigenvalue weighted by Gasteiger charge is -2.05. The van der Waals surface area contributed by atoms with Crippen LogP contribution in [0.15, 0.2) is 22.6 Å². The van der Waals surface area contributed by atoms with Gasteiger partial charge in [0.2, 0.25) is 0 Å². The van der Waals surface area contributed by atoms with Crippen LogP contribution in [0.25, 0.3) is 11.0 Å². The van der Waals surface area contributed by atoms with Crippen molar-refractivity contribution < 1.29 is 18.7 Å². The lowest BCUT2D eigenvalue weighted by atomic mass is 10.1. The van der Waals surface area contributed by atoms with Crippen LogP contribution in [0.5, 0.6) is 5.75 Å². The minimum Gasteiger partial charge on any atom is -0.497 e. The molecule has 96 valence electrons. The summed E-state index contributed by atoms with van der Waals surface area (Å²) in [5.41, 5.74) is 0.969. The van der Waals surface area contributed by atoms with Crippen LogP contribution >= 0.6 is 0 Å². The van der Waals surface area contributed by atoms with E-state index in [1.165, 1.54) is 0 Å². The predicted molar refractivity (Wildman–Crippen MR) is 68.1 cm³/mol. The fraction of sp³-hybridized carbons (Fsp3) is 0.357. The minimum absolute atomic E-state index is 0.332. The Bertz CT molecular complexity index is 568. The van der Waals surface area contributed by atoms with E-state index in [0.29, 0.717) is 23.5 Å². The van der Waals surface area contributed by atoms with Crippen molar-refractivity contribution in [1.29, 1.82) is 0 Å². The van der Waals surface area contributed by atoms with Crippen LogP contribution in [0.3, 0.4) is 0 Å². The molecule has 0 aliphatic heterocycles. The van der Waals surface area contributed by atoms with Crippen molar-refractivity contribution in [3.63, 3.8) is 0 Å². The first-order valence-electron chi connectivity index (χ1n) is 5.97. The quantitative estimate of drug-likeness (QED) is 0.780. The molecule has 0 radical (unpaired) electrons. The molecule has 0 amide bonds. The maximum absolute atomic E-state index is 11.9. The summed E-state index contributed by atoms with van der Waals surface area (Å²) < 4.78 is 15.9. The van der Waals surface area contributed by atoms with Gasteiger partial charge >= 0.3 is 5.97 Å². The number of ether oxygens (including phenoxy) is 2. The summed E-state index contributed by atoms with van der Waals surface area (Å²) in [6.07, 6.45) is 0.777. The van der Waals surface area contributed by atoms with Gasteiger partial charge in [-0.1, -0.05) is 6.92 Å². The number of carbonyl (C=O) groups is 1. The molecule has 1 aromatic heterocycles. The van der Waals surface area contributed by atoms with Crippen molar-refractivity contribution in [2.24, 2.45) is 0 Å². The first kappa shape index (κ1) is 12.5. The van der Waals surface area contributed by atoms with E-state index in [9.17, 15) is 4.79 Å². The third kappa shape index (κ3) is 2.18. The molecule has 4 heteroatoms. The third-order valence-corrected chi connectivity index (χ3v) is 2.72. The highest BCUT2D eigenvalue weighted by atomic mass is 16.5. The Morgan fingerprint density at radius 1 is 1.28 bits per heavy atom. The zero-order chi connectivity index (χ0) is 13.1. The average molecular weight is 248 g/mol. The smallest absolute Gasteiger partial charge is 0.342 e. The number of benzene rings is 1. The van der Waals surface area contributed by atoms with Crippen molar-refractivity contribution in [2.45, 2.75) is 20.3 Å². The molecule has 18 heavy (non-hydrogen) atoms. The Labute approximate surface area is 105 Å². The van der Waals surface area contributed by atoms with Crippen LogP contribution in [0, 0.1) is 0 Å². The van der Waals surface area contributed by atoms with Crippen LogP contribution < -0.4 is 4.74 Å². The second kappa shape index (κ2) is 5.12. The molecule has 0 aliphatic rings. The molecule has 0 fully saturated rings. The lowest BCUT2D eigenvalue weighted by Crippen LogP contribution is -2.05. The van der Waals surface area contributed by atoms with Gasteiger partial charge < -0.3 is 13.9 Å². The Hall–Kier alpha value is -1.97. The minimum atomic E-state index is -0.390. The lowest BCUT2D eigenvalue weighted by molar-refractivity contribution is 0.0527. The summed E-state index contributed by atoms with van der Waals surface area (Å²) in [4.78, 5) is 11.9. The van der Waals surface area contributed by atoms with Crippen LogP contribution in [-0.4, -0.2) is 19.7 Å². The molecule has 1 heterocycles. The predicted octanol–water partition coefficient (Wildman–Crippen LogP) is 3.18. The van der Waals surface area contributed by atoms with E-state index in [2.05, 4.69) is 0 Å². The number of esters is 1. The number of furan rings is 1. The number of methoxy groups -OCH3 is 1. The normalized spacial score (nSPS) is 10.6. The SMILES string of the molecule is CCOC(=O)c1cc(OC)cc2cc(CC)oc12. The average Bonchev–Trinajstić information content (AvgIpc) is 2.80. The standard InChI is InChI=1S/C14H16O4/c1-4-10-6-9-7-11(16-3)8-12(13(9)18-10)14(15)17-5-2/h6-8H,4-5H2,1-3H3. The molecule has 2 rings (SSSR count). The Kier molecular flexibility index (Phi) is 3.55. The van der Waals surface area contributed by atoms with E-state index in [1.54, 1.807) is 20.1 Å². The summed E-state index contributed by atoms with van der Waals surface area (Å²) in [7, 11) is 1.57. The Morgan fingerprint density at radius 3 is 2.67 bits per heavy atom. The van der Waals surface area contributed by atoms with E-state index in [-0.39, 0.29) is 0 Å². The summed E-state index contributed by atoms with van der Waals surface area (Å²) in [5, 5.41) is 0.856. The first-order valence-corrected chi connectivity index (χ1v) is 5.97. The van der Waals surface area contributed by atoms with Crippen molar-refractivity contribution >= 4 is 16.9 Å². The van der Waals surface area contributed by atoms with E-state index in [1.807, 2.05) is 19.1 Å². The van der Waals surface area contributed by atoms with E-state index in [0.717, 1.165) is 17.6 Å². The van der Waals surface area contributed by atoms with Gasteiger partial charge in [-0.05, 0) is 25.1 Å². The molecule has 0 N–H and O–H groups in total. The van der Waals surface area contributed by atoms with E-state index < -0.39 is 5.97 Å². The monoisotopic (exact) mass is 248 g/mol. The molecule has 0 saturated heterocycles. The van der Waals surface area contributed by atoms with Crippen molar-refractivity contribution in [2.75, 3.05) is 13.7 Å². The number of hydrogen-bond donors (Lipinski definition) is 0. The number of rotatable bonds is 4. The highest BCUT2D eigenvalue weighted by molar-refractivity contribution is 6.03. The molecule has 1 aromatic carbocycles. The van der Waals surface area contributed by atoms with Crippen LogP contribution in [0.4, 0.5) is 0 Å². The topological polar surface area (TPSA) is 48.7 Å². The summed E-state index contributed by atoms with van der Waals surface area (Å²) >= 11 is 0. The van der Waals surface area contributed by atoms with Gasteiger partial charge in [-0.15, -0.1) is 0 Å². The van der Waals surface area contributed by atoms with Crippen LogP contribution in [0.1, 0.15) is 30.0 Å². The zero-order valence-corrected chi connectivity index (χ0v) is 10.8. The number of fused-ring (bicyclic) bond motifs is 1. The molecule has 0 unspecified atom stereocenters. The largest absolute Gasteiger partial charge is 0.497 e. The third-order valence-electron chi connectivity index (χ3n) is 2.72. The molecule has 4 nitrogen and oxygen atoms in total. The van der Waals surface area contributed by atoms with Gasteiger partial charge in [-0.2, -0.15) is 0 Å². The van der Waals surface area contributed by atoms with Crippen molar-refractivity contribution in [3.8, 4) is 5.75 Å². The van der Waals surface area contributed by atoms with Crippen molar-refractivity contribution in [1.82, 2.24) is 0 Å².